The Bertz CT molecular complexity index is 663. The maximum atomic E-state index is 14.5. The molecule has 1 aliphatic heterocycles. The number of nitrogens with one attached hydrogen (secondary N) is 1. The molecule has 0 aliphatic carbocycles. The molecule has 6 nitrogen and oxygen atoms in total. The van der Waals surface area contributed by atoms with E-state index in [2.05, 4.69) is 4.72 Å². The summed E-state index contributed by atoms with van der Waals surface area (Å²) in [4.78, 5) is 1.76. The minimum Gasteiger partial charge on any atom is -0.382 e. The topological polar surface area (TPSA) is 67.9 Å². The fourth-order valence-corrected chi connectivity index (χ4v) is 3.52. The molecule has 0 amide bonds. The van der Waals surface area contributed by atoms with Crippen LogP contribution in [0.4, 0.5) is 10.1 Å². The van der Waals surface area contributed by atoms with Crippen molar-refractivity contribution in [3.63, 3.8) is 0 Å². The van der Waals surface area contributed by atoms with Crippen LogP contribution in [0.3, 0.4) is 0 Å². The van der Waals surface area contributed by atoms with Crippen LogP contribution in [0.15, 0.2) is 23.1 Å². The van der Waals surface area contributed by atoms with Gasteiger partial charge in [-0.3, -0.25) is 0 Å². The second-order valence-corrected chi connectivity index (χ2v) is 8.04. The highest BCUT2D eigenvalue weighted by Crippen LogP contribution is 2.29. The summed E-state index contributed by atoms with van der Waals surface area (Å²) in [5, 5.41) is 0. The predicted octanol–water partition coefficient (Wildman–Crippen LogP) is 1.36. The molecule has 23 heavy (non-hydrogen) atoms. The Labute approximate surface area is 136 Å². The molecule has 0 saturated carbocycles. The van der Waals surface area contributed by atoms with Crippen LogP contribution in [0, 0.1) is 5.82 Å². The fourth-order valence-electron chi connectivity index (χ4n) is 2.78. The van der Waals surface area contributed by atoms with Gasteiger partial charge in [0, 0.05) is 20.2 Å². The first-order chi connectivity index (χ1) is 10.7. The number of ether oxygens (including phenoxy) is 2. The summed E-state index contributed by atoms with van der Waals surface area (Å²) in [6, 6.07) is 3.93. The molecule has 1 fully saturated rings. The molecule has 0 bridgehead atoms. The molecule has 0 unspecified atom stereocenters. The van der Waals surface area contributed by atoms with Crippen molar-refractivity contribution >= 4 is 15.7 Å². The number of halogens is 1. The van der Waals surface area contributed by atoms with Gasteiger partial charge in [0.2, 0.25) is 10.0 Å². The highest BCUT2D eigenvalue weighted by Gasteiger charge is 2.34. The number of sulfonamides is 1. The lowest BCUT2D eigenvalue weighted by molar-refractivity contribution is -0.106. The second-order valence-electron chi connectivity index (χ2n) is 6.16. The molecule has 1 N–H and O–H groups in total. The summed E-state index contributed by atoms with van der Waals surface area (Å²) < 4.78 is 51.2. The van der Waals surface area contributed by atoms with E-state index in [0.717, 1.165) is 6.07 Å². The van der Waals surface area contributed by atoms with Gasteiger partial charge in [0.15, 0.2) is 0 Å². The zero-order valence-electron chi connectivity index (χ0n) is 13.8. The molecule has 1 saturated heterocycles. The zero-order valence-corrected chi connectivity index (χ0v) is 14.6. The third-order valence-corrected chi connectivity index (χ3v) is 5.08. The van der Waals surface area contributed by atoms with Crippen molar-refractivity contribution < 1.29 is 22.3 Å². The Hall–Kier alpha value is -1.22. The SMILES string of the molecule is CNS(=O)(=O)c1ccc(N2C[C@@H](COC)OC(C)(C)C2)c(F)c1. The monoisotopic (exact) mass is 346 g/mol. The smallest absolute Gasteiger partial charge is 0.240 e. The fraction of sp³-hybridized carbons (Fsp3) is 0.600. The van der Waals surface area contributed by atoms with Crippen LogP contribution in [0.2, 0.25) is 0 Å². The van der Waals surface area contributed by atoms with Crippen LogP contribution in [0.1, 0.15) is 13.8 Å². The summed E-state index contributed by atoms with van der Waals surface area (Å²) >= 11 is 0. The highest BCUT2D eigenvalue weighted by atomic mass is 32.2. The largest absolute Gasteiger partial charge is 0.382 e. The van der Waals surface area contributed by atoms with E-state index in [1.165, 1.54) is 19.2 Å². The molecule has 0 radical (unpaired) electrons. The van der Waals surface area contributed by atoms with Gasteiger partial charge in [0.05, 0.1) is 28.9 Å². The lowest BCUT2D eigenvalue weighted by atomic mass is 10.0. The first kappa shape index (κ1) is 18.1. The number of anilines is 1. The average Bonchev–Trinajstić information content (AvgIpc) is 2.45. The standard InChI is InChI=1S/C15H23FN2O4S/c1-15(2)10-18(8-11(22-15)9-21-4)14-6-5-12(7-13(14)16)23(19,20)17-3/h5-7,11,17H,8-10H2,1-4H3/t11-/m0/s1. The molecule has 8 heteroatoms. The number of nitrogens with zero attached hydrogens (tertiary/aromatic N) is 1. The predicted molar refractivity (Wildman–Crippen MR) is 85.7 cm³/mol. The molecule has 0 spiro atoms. The Morgan fingerprint density at radius 3 is 2.74 bits per heavy atom. The van der Waals surface area contributed by atoms with Crippen molar-refractivity contribution in [3.8, 4) is 0 Å². The summed E-state index contributed by atoms with van der Waals surface area (Å²) in [6.07, 6.45) is -0.177. The lowest BCUT2D eigenvalue weighted by Gasteiger charge is -2.43. The minimum atomic E-state index is -3.66. The van der Waals surface area contributed by atoms with E-state index in [1.54, 1.807) is 7.11 Å². The summed E-state index contributed by atoms with van der Waals surface area (Å²) in [7, 11) is -0.780. The third kappa shape index (κ3) is 4.20. The van der Waals surface area contributed by atoms with E-state index in [1.807, 2.05) is 18.7 Å². The van der Waals surface area contributed by atoms with Crippen molar-refractivity contribution in [3.05, 3.63) is 24.0 Å². The Morgan fingerprint density at radius 1 is 1.48 bits per heavy atom. The third-order valence-electron chi connectivity index (χ3n) is 3.67. The van der Waals surface area contributed by atoms with Gasteiger partial charge in [-0.1, -0.05) is 0 Å². The molecule has 1 aromatic rings. The van der Waals surface area contributed by atoms with Gasteiger partial charge in [-0.25, -0.2) is 17.5 Å². The Kier molecular flexibility index (Phi) is 5.30. The van der Waals surface area contributed by atoms with Crippen LogP contribution in [0.5, 0.6) is 0 Å². The molecule has 130 valence electrons. The van der Waals surface area contributed by atoms with E-state index < -0.39 is 21.4 Å². The number of morpholine rings is 1. The number of hydrogen-bond donors (Lipinski definition) is 1. The summed E-state index contributed by atoms with van der Waals surface area (Å²) in [5.41, 5.74) is -0.0959. The van der Waals surface area contributed by atoms with E-state index in [9.17, 15) is 12.8 Å². The van der Waals surface area contributed by atoms with Crippen molar-refractivity contribution in [2.75, 3.05) is 38.8 Å². The van der Waals surface area contributed by atoms with E-state index in [0.29, 0.717) is 25.4 Å². The maximum Gasteiger partial charge on any atom is 0.240 e. The van der Waals surface area contributed by atoms with Crippen molar-refractivity contribution in [2.45, 2.75) is 30.4 Å². The van der Waals surface area contributed by atoms with Crippen molar-refractivity contribution in [1.82, 2.24) is 4.72 Å². The number of benzene rings is 1. The second kappa shape index (κ2) is 6.72. The van der Waals surface area contributed by atoms with Gasteiger partial charge < -0.3 is 14.4 Å². The van der Waals surface area contributed by atoms with Crippen LogP contribution in [-0.4, -0.2) is 54.0 Å². The van der Waals surface area contributed by atoms with Crippen LogP contribution in [-0.2, 0) is 19.5 Å². The van der Waals surface area contributed by atoms with Gasteiger partial charge >= 0.3 is 0 Å². The van der Waals surface area contributed by atoms with Gasteiger partial charge in [-0.05, 0) is 39.1 Å². The number of hydrogen-bond acceptors (Lipinski definition) is 5. The summed E-state index contributed by atoms with van der Waals surface area (Å²) in [5.74, 6) is -0.574. The molecular weight excluding hydrogens is 323 g/mol. The quantitative estimate of drug-likeness (QED) is 0.872. The van der Waals surface area contributed by atoms with Crippen molar-refractivity contribution in [1.29, 1.82) is 0 Å². The summed E-state index contributed by atoms with van der Waals surface area (Å²) in [6.45, 7) is 5.25. The number of methoxy groups -OCH3 is 1. The van der Waals surface area contributed by atoms with Gasteiger partial charge in [-0.15, -0.1) is 0 Å². The first-order valence-electron chi connectivity index (χ1n) is 7.33. The van der Waals surface area contributed by atoms with Crippen molar-refractivity contribution in [2.24, 2.45) is 0 Å². The Balaban J connectivity index is 2.30. The maximum absolute atomic E-state index is 14.5. The minimum absolute atomic E-state index is 0.0952. The number of rotatable bonds is 5. The molecule has 0 aromatic heterocycles. The van der Waals surface area contributed by atoms with Crippen LogP contribution in [0.25, 0.3) is 0 Å². The van der Waals surface area contributed by atoms with Gasteiger partial charge in [0.25, 0.3) is 0 Å². The molecule has 1 heterocycles. The zero-order chi connectivity index (χ0) is 17.3. The molecular formula is C15H23FN2O4S. The first-order valence-corrected chi connectivity index (χ1v) is 8.81. The molecule has 1 atom stereocenters. The van der Waals surface area contributed by atoms with Gasteiger partial charge in [0.1, 0.15) is 5.82 Å². The van der Waals surface area contributed by atoms with Crippen LogP contribution < -0.4 is 9.62 Å². The Morgan fingerprint density at radius 2 is 2.17 bits per heavy atom. The van der Waals surface area contributed by atoms with E-state index in [-0.39, 0.29) is 11.0 Å². The van der Waals surface area contributed by atoms with E-state index >= 15 is 0 Å². The average molecular weight is 346 g/mol. The molecule has 1 aromatic carbocycles. The van der Waals surface area contributed by atoms with Crippen LogP contribution >= 0.6 is 0 Å². The highest BCUT2D eigenvalue weighted by molar-refractivity contribution is 7.89. The lowest BCUT2D eigenvalue weighted by Crippen LogP contribution is -2.54. The van der Waals surface area contributed by atoms with Gasteiger partial charge in [-0.2, -0.15) is 0 Å². The normalized spacial score (nSPS) is 21.4. The molecule has 2 rings (SSSR count). The van der Waals surface area contributed by atoms with E-state index in [4.69, 9.17) is 9.47 Å². The molecule has 1 aliphatic rings.